The second-order valence-corrected chi connectivity index (χ2v) is 7.52. The van der Waals surface area contributed by atoms with Crippen molar-refractivity contribution in [2.45, 2.75) is 44.7 Å². The lowest BCUT2D eigenvalue weighted by atomic mass is 9.99. The van der Waals surface area contributed by atoms with Crippen molar-refractivity contribution in [3.05, 3.63) is 70.3 Å². The van der Waals surface area contributed by atoms with E-state index in [4.69, 9.17) is 9.72 Å². The van der Waals surface area contributed by atoms with Gasteiger partial charge in [0.15, 0.2) is 0 Å². The van der Waals surface area contributed by atoms with Crippen LogP contribution in [0.3, 0.4) is 0 Å². The Kier molecular flexibility index (Phi) is 5.44. The van der Waals surface area contributed by atoms with Crippen molar-refractivity contribution in [1.29, 1.82) is 0 Å². The van der Waals surface area contributed by atoms with Gasteiger partial charge in [0.1, 0.15) is 11.6 Å². The maximum Gasteiger partial charge on any atom is 0.258 e. The van der Waals surface area contributed by atoms with Gasteiger partial charge in [0.05, 0.1) is 24.1 Å². The Bertz CT molecular complexity index is 997. The molecule has 0 bridgehead atoms. The molecule has 2 heterocycles. The van der Waals surface area contributed by atoms with Gasteiger partial charge in [-0.2, -0.15) is 0 Å². The number of nitrogens with one attached hydrogen (secondary N) is 1. The second kappa shape index (κ2) is 8.15. The Morgan fingerprint density at radius 3 is 2.68 bits per heavy atom. The zero-order valence-electron chi connectivity index (χ0n) is 16.5. The van der Waals surface area contributed by atoms with Crippen LogP contribution in [0.2, 0.25) is 0 Å². The zero-order valence-corrected chi connectivity index (χ0v) is 16.5. The van der Waals surface area contributed by atoms with Gasteiger partial charge in [-0.05, 0) is 56.1 Å². The number of hydrogen-bond donors (Lipinski definition) is 1. The first kappa shape index (κ1) is 18.7. The topological polar surface area (TPSA) is 58.2 Å². The first-order valence-electron chi connectivity index (χ1n) is 10.1. The van der Waals surface area contributed by atoms with Crippen molar-refractivity contribution in [2.24, 2.45) is 0 Å². The van der Waals surface area contributed by atoms with Crippen LogP contribution in [-0.2, 0) is 0 Å². The summed E-state index contributed by atoms with van der Waals surface area (Å²) in [6.07, 6.45) is 4.71. The summed E-state index contributed by atoms with van der Waals surface area (Å²) < 4.78 is 5.32. The molecule has 1 aromatic heterocycles. The molecule has 4 rings (SSSR count). The van der Waals surface area contributed by atoms with Gasteiger partial charge < -0.3 is 9.72 Å². The van der Waals surface area contributed by atoms with Gasteiger partial charge in [0.2, 0.25) is 0 Å². The molecular formula is C23H27N3O2. The molecule has 1 aliphatic heterocycles. The largest absolute Gasteiger partial charge is 0.497 e. The lowest BCUT2D eigenvalue weighted by molar-refractivity contribution is 0.141. The molecule has 5 nitrogen and oxygen atoms in total. The molecule has 0 radical (unpaired) electrons. The first-order chi connectivity index (χ1) is 13.7. The quantitative estimate of drug-likeness (QED) is 0.721. The van der Waals surface area contributed by atoms with Gasteiger partial charge in [-0.15, -0.1) is 0 Å². The number of fused-ring (bicyclic) bond motifs is 1. The highest BCUT2D eigenvalue weighted by atomic mass is 16.5. The van der Waals surface area contributed by atoms with Gasteiger partial charge in [-0.1, -0.05) is 37.1 Å². The first-order valence-corrected chi connectivity index (χ1v) is 10.1. The van der Waals surface area contributed by atoms with E-state index in [1.807, 2.05) is 36.4 Å². The number of hydrogen-bond acceptors (Lipinski definition) is 4. The van der Waals surface area contributed by atoms with E-state index in [-0.39, 0.29) is 11.6 Å². The van der Waals surface area contributed by atoms with E-state index in [0.29, 0.717) is 11.4 Å². The molecule has 0 amide bonds. The third-order valence-electron chi connectivity index (χ3n) is 5.82. The Morgan fingerprint density at radius 1 is 1.11 bits per heavy atom. The zero-order chi connectivity index (χ0) is 19.5. The molecule has 0 unspecified atom stereocenters. The Labute approximate surface area is 165 Å². The molecule has 1 saturated heterocycles. The van der Waals surface area contributed by atoms with E-state index in [9.17, 15) is 4.79 Å². The smallest absolute Gasteiger partial charge is 0.258 e. The number of nitrogens with zero attached hydrogens (tertiary/aromatic N) is 2. The molecule has 1 aliphatic rings. The van der Waals surface area contributed by atoms with Gasteiger partial charge in [0, 0.05) is 6.04 Å². The summed E-state index contributed by atoms with van der Waals surface area (Å²) >= 11 is 0. The van der Waals surface area contributed by atoms with E-state index >= 15 is 0 Å². The van der Waals surface area contributed by atoms with Crippen LogP contribution in [0.4, 0.5) is 0 Å². The Hall–Kier alpha value is -2.66. The molecule has 146 valence electrons. The fourth-order valence-corrected chi connectivity index (χ4v) is 4.24. The summed E-state index contributed by atoms with van der Waals surface area (Å²) in [5, 5.41) is 0.640. The fourth-order valence-electron chi connectivity index (χ4n) is 4.24. The van der Waals surface area contributed by atoms with E-state index in [2.05, 4.69) is 28.9 Å². The second-order valence-electron chi connectivity index (χ2n) is 7.52. The molecule has 1 fully saturated rings. The summed E-state index contributed by atoms with van der Waals surface area (Å²) in [4.78, 5) is 22.8. The molecule has 2 aromatic carbocycles. The highest BCUT2D eigenvalue weighted by Crippen LogP contribution is 2.36. The van der Waals surface area contributed by atoms with Crippen molar-refractivity contribution in [3.8, 4) is 5.75 Å². The van der Waals surface area contributed by atoms with Crippen molar-refractivity contribution in [1.82, 2.24) is 14.9 Å². The summed E-state index contributed by atoms with van der Waals surface area (Å²) in [5.74, 6) is 1.61. The number of ether oxygens (including phenoxy) is 1. The highest BCUT2D eigenvalue weighted by molar-refractivity contribution is 5.77. The minimum Gasteiger partial charge on any atom is -0.497 e. The molecule has 0 spiro atoms. The number of aromatic amines is 1. The number of rotatable bonds is 4. The molecule has 0 saturated carbocycles. The Morgan fingerprint density at radius 2 is 1.89 bits per heavy atom. The number of para-hydroxylation sites is 1. The van der Waals surface area contributed by atoms with Crippen molar-refractivity contribution >= 4 is 10.9 Å². The standard InChI is InChI=1S/C23H27N3O2/c1-16(22-24-20-9-6-5-8-19(20)23(27)25-22)26-15-7-3-4-10-21(26)17-11-13-18(28-2)14-12-17/h5-6,8-9,11-14,16,21H,3-4,7,10,15H2,1-2H3,(H,24,25,27)/t16-,21-/m0/s1. The van der Waals surface area contributed by atoms with Crippen LogP contribution >= 0.6 is 0 Å². The maximum absolute atomic E-state index is 12.5. The Balaban J connectivity index is 1.70. The van der Waals surface area contributed by atoms with Crippen molar-refractivity contribution < 1.29 is 4.74 Å². The molecule has 5 heteroatoms. The van der Waals surface area contributed by atoms with Crippen LogP contribution in [0.1, 0.15) is 56.1 Å². The van der Waals surface area contributed by atoms with Crippen molar-refractivity contribution in [2.75, 3.05) is 13.7 Å². The summed E-state index contributed by atoms with van der Waals surface area (Å²) in [6, 6.07) is 16.2. The lowest BCUT2D eigenvalue weighted by Crippen LogP contribution is -2.33. The minimum absolute atomic E-state index is 0.0301. The molecule has 3 aromatic rings. The number of benzene rings is 2. The monoisotopic (exact) mass is 377 g/mol. The summed E-state index contributed by atoms with van der Waals surface area (Å²) in [6.45, 7) is 3.14. The predicted octanol–water partition coefficient (Wildman–Crippen LogP) is 4.61. The van der Waals surface area contributed by atoms with Crippen LogP contribution in [-0.4, -0.2) is 28.5 Å². The summed E-state index contributed by atoms with van der Waals surface area (Å²) in [5.41, 5.74) is 1.98. The highest BCUT2D eigenvalue weighted by Gasteiger charge is 2.28. The van der Waals surface area contributed by atoms with Gasteiger partial charge >= 0.3 is 0 Å². The number of aromatic nitrogens is 2. The average Bonchev–Trinajstić information content (AvgIpc) is 2.99. The van der Waals surface area contributed by atoms with Crippen LogP contribution in [0.5, 0.6) is 5.75 Å². The number of H-pyrrole nitrogens is 1. The molecule has 0 aliphatic carbocycles. The van der Waals surface area contributed by atoms with Gasteiger partial charge in [0.25, 0.3) is 5.56 Å². The molecular weight excluding hydrogens is 350 g/mol. The normalized spacial score (nSPS) is 19.3. The minimum atomic E-state index is -0.0664. The molecule has 1 N–H and O–H groups in total. The number of likely N-dealkylation sites (tertiary alicyclic amines) is 1. The van der Waals surface area contributed by atoms with E-state index in [0.717, 1.165) is 36.5 Å². The van der Waals surface area contributed by atoms with Gasteiger partial charge in [-0.25, -0.2) is 4.98 Å². The van der Waals surface area contributed by atoms with E-state index < -0.39 is 0 Å². The molecule has 28 heavy (non-hydrogen) atoms. The predicted molar refractivity (Wildman–Crippen MR) is 112 cm³/mol. The van der Waals surface area contributed by atoms with E-state index in [1.165, 1.54) is 18.4 Å². The third-order valence-corrected chi connectivity index (χ3v) is 5.82. The third kappa shape index (κ3) is 3.67. The maximum atomic E-state index is 12.5. The van der Waals surface area contributed by atoms with Crippen molar-refractivity contribution in [3.63, 3.8) is 0 Å². The van der Waals surface area contributed by atoms with Crippen LogP contribution in [0.15, 0.2) is 53.3 Å². The van der Waals surface area contributed by atoms with Crippen LogP contribution < -0.4 is 10.3 Å². The summed E-state index contributed by atoms with van der Waals surface area (Å²) in [7, 11) is 1.69. The number of methoxy groups -OCH3 is 1. The average molecular weight is 377 g/mol. The van der Waals surface area contributed by atoms with Crippen LogP contribution in [0, 0.1) is 0 Å². The molecule has 2 atom stereocenters. The lowest BCUT2D eigenvalue weighted by Gasteiger charge is -2.35. The van der Waals surface area contributed by atoms with E-state index in [1.54, 1.807) is 7.11 Å². The van der Waals surface area contributed by atoms with Crippen LogP contribution in [0.25, 0.3) is 10.9 Å². The fraction of sp³-hybridized carbons (Fsp3) is 0.391. The SMILES string of the molecule is COc1ccc([C@@H]2CCCCCN2[C@@H](C)c2nc3ccccc3c(=O)[nH]2)cc1. The van der Waals surface area contributed by atoms with Gasteiger partial charge in [-0.3, -0.25) is 9.69 Å².